The molecule has 0 fully saturated rings. The van der Waals surface area contributed by atoms with E-state index in [9.17, 15) is 9.90 Å². The Kier molecular flexibility index (Phi) is 6.01. The van der Waals surface area contributed by atoms with Gasteiger partial charge in [-0.3, -0.25) is 9.48 Å². The third-order valence-corrected chi connectivity index (χ3v) is 6.00. The highest BCUT2D eigenvalue weighted by Crippen LogP contribution is 2.40. The molecule has 2 aromatic heterocycles. The average Bonchev–Trinajstić information content (AvgIpc) is 3.21. The van der Waals surface area contributed by atoms with Gasteiger partial charge in [-0.1, -0.05) is 6.92 Å². The summed E-state index contributed by atoms with van der Waals surface area (Å²) in [4.78, 5) is 12.1. The van der Waals surface area contributed by atoms with Crippen LogP contribution in [0.3, 0.4) is 0 Å². The Balaban J connectivity index is 2.12. The zero-order valence-electron chi connectivity index (χ0n) is 17.6. The fourth-order valence-electron chi connectivity index (χ4n) is 4.60. The van der Waals surface area contributed by atoms with Crippen molar-refractivity contribution in [1.82, 2.24) is 14.3 Å². The fourth-order valence-corrected chi connectivity index (χ4v) is 4.60. The van der Waals surface area contributed by atoms with Gasteiger partial charge in [-0.15, -0.1) is 0 Å². The molecule has 1 aromatic carbocycles. The molecule has 160 valence electrons. The van der Waals surface area contributed by atoms with Crippen molar-refractivity contribution in [3.63, 3.8) is 0 Å². The van der Waals surface area contributed by atoms with E-state index in [1.54, 1.807) is 10.7 Å². The maximum absolute atomic E-state index is 15.5. The highest BCUT2D eigenvalue weighted by atomic mass is 19.1. The number of aliphatic hydroxyl groups excluding tert-OH is 1. The number of aryl methyl sites for hydroxylation is 4. The van der Waals surface area contributed by atoms with E-state index in [-0.39, 0.29) is 12.4 Å². The highest BCUT2D eigenvalue weighted by molar-refractivity contribution is 6.02. The summed E-state index contributed by atoms with van der Waals surface area (Å²) < 4.78 is 25.1. The summed E-state index contributed by atoms with van der Waals surface area (Å²) in [5, 5.41) is 14.9. The summed E-state index contributed by atoms with van der Waals surface area (Å²) in [6.45, 7) is 3.63. The molecule has 0 radical (unpaired) electrons. The molecule has 6 nitrogen and oxygen atoms in total. The lowest BCUT2D eigenvalue weighted by atomic mass is 9.97. The predicted molar refractivity (Wildman–Crippen MR) is 113 cm³/mol. The van der Waals surface area contributed by atoms with Crippen LogP contribution in [0.1, 0.15) is 53.6 Å². The van der Waals surface area contributed by atoms with Gasteiger partial charge in [0.05, 0.1) is 29.2 Å². The van der Waals surface area contributed by atoms with Crippen LogP contribution in [-0.4, -0.2) is 39.0 Å². The first kappa shape index (κ1) is 20.8. The number of aliphatic hydroxyl groups is 1. The summed E-state index contributed by atoms with van der Waals surface area (Å²) >= 11 is 0. The van der Waals surface area contributed by atoms with Gasteiger partial charge in [0, 0.05) is 43.3 Å². The standard InChI is InChI=1S/C23H28FN3O3/c1-3-18-22-20(26(2)25-18)14-30-12-5-4-10-27-19(13-29)15(7-6-11-28)16-8-9-17(24)21(22)23(16)27/h8-9,13,28H,3-7,10-12,14H2,1-2H3. The summed E-state index contributed by atoms with van der Waals surface area (Å²) in [5.41, 5.74) is 5.14. The molecule has 0 amide bonds. The van der Waals surface area contributed by atoms with Gasteiger partial charge in [-0.25, -0.2) is 4.39 Å². The van der Waals surface area contributed by atoms with Crippen LogP contribution in [-0.2, 0) is 37.8 Å². The monoisotopic (exact) mass is 413 g/mol. The van der Waals surface area contributed by atoms with Gasteiger partial charge in [0.1, 0.15) is 5.82 Å². The Morgan fingerprint density at radius 3 is 2.87 bits per heavy atom. The van der Waals surface area contributed by atoms with Gasteiger partial charge >= 0.3 is 0 Å². The van der Waals surface area contributed by atoms with Gasteiger partial charge < -0.3 is 14.4 Å². The van der Waals surface area contributed by atoms with Crippen molar-refractivity contribution in [1.29, 1.82) is 0 Å². The van der Waals surface area contributed by atoms with Crippen molar-refractivity contribution >= 4 is 17.2 Å². The van der Waals surface area contributed by atoms with Gasteiger partial charge in [-0.05, 0) is 49.8 Å². The Hall–Kier alpha value is -2.51. The molecule has 3 aromatic rings. The fraction of sp³-hybridized carbons (Fsp3) is 0.478. The van der Waals surface area contributed by atoms with E-state index < -0.39 is 0 Å². The van der Waals surface area contributed by atoms with Crippen molar-refractivity contribution in [2.45, 2.75) is 52.2 Å². The Morgan fingerprint density at radius 1 is 1.30 bits per heavy atom. The number of hydrogen-bond acceptors (Lipinski definition) is 4. The van der Waals surface area contributed by atoms with Crippen molar-refractivity contribution in [2.75, 3.05) is 13.2 Å². The summed E-state index contributed by atoms with van der Waals surface area (Å²) in [5.74, 6) is -0.324. The molecule has 1 aliphatic heterocycles. The molecule has 0 spiro atoms. The third-order valence-electron chi connectivity index (χ3n) is 6.00. The zero-order valence-corrected chi connectivity index (χ0v) is 17.6. The molecule has 3 heterocycles. The van der Waals surface area contributed by atoms with Crippen LogP contribution in [0.4, 0.5) is 4.39 Å². The maximum atomic E-state index is 15.5. The van der Waals surface area contributed by atoms with Gasteiger partial charge in [-0.2, -0.15) is 5.10 Å². The van der Waals surface area contributed by atoms with E-state index in [0.29, 0.717) is 50.3 Å². The number of nitrogens with zero attached hydrogens (tertiary/aromatic N) is 3. The number of aldehydes is 1. The van der Waals surface area contributed by atoms with Crippen LogP contribution in [0.5, 0.6) is 0 Å². The molecular formula is C23H28FN3O3. The molecule has 0 unspecified atom stereocenters. The SMILES string of the molecule is CCc1nn(C)c2c1-c1c(F)ccc3c(CCCO)c(C=O)n(c13)CCCCOC2. The topological polar surface area (TPSA) is 69.3 Å². The van der Waals surface area contributed by atoms with Crippen LogP contribution in [0.25, 0.3) is 22.0 Å². The highest BCUT2D eigenvalue weighted by Gasteiger charge is 2.27. The van der Waals surface area contributed by atoms with Gasteiger partial charge in [0.2, 0.25) is 0 Å². The molecule has 0 atom stereocenters. The van der Waals surface area contributed by atoms with E-state index in [0.717, 1.165) is 52.5 Å². The van der Waals surface area contributed by atoms with Crippen molar-refractivity contribution in [3.05, 3.63) is 40.6 Å². The number of aromatic nitrogens is 3. The first-order chi connectivity index (χ1) is 14.6. The molecule has 30 heavy (non-hydrogen) atoms. The Morgan fingerprint density at radius 2 is 2.13 bits per heavy atom. The molecule has 1 N–H and O–H groups in total. The third kappa shape index (κ3) is 3.36. The number of hydrogen-bond donors (Lipinski definition) is 1. The Labute approximate surface area is 175 Å². The lowest BCUT2D eigenvalue weighted by Gasteiger charge is -2.13. The zero-order chi connectivity index (χ0) is 21.3. The summed E-state index contributed by atoms with van der Waals surface area (Å²) in [7, 11) is 1.86. The summed E-state index contributed by atoms with van der Waals surface area (Å²) in [6, 6.07) is 3.25. The van der Waals surface area contributed by atoms with Crippen LogP contribution >= 0.6 is 0 Å². The summed E-state index contributed by atoms with van der Waals surface area (Å²) in [6.07, 6.45) is 4.34. The number of fused-ring (bicyclic) bond motifs is 2. The quantitative estimate of drug-likeness (QED) is 0.646. The first-order valence-electron chi connectivity index (χ1n) is 10.6. The predicted octanol–water partition coefficient (Wildman–Crippen LogP) is 3.79. The second kappa shape index (κ2) is 8.70. The second-order valence-electron chi connectivity index (χ2n) is 7.78. The Bertz CT molecular complexity index is 1080. The molecule has 0 aliphatic carbocycles. The maximum Gasteiger partial charge on any atom is 0.166 e. The van der Waals surface area contributed by atoms with Crippen LogP contribution in [0.2, 0.25) is 0 Å². The van der Waals surface area contributed by atoms with Gasteiger partial charge in [0.25, 0.3) is 0 Å². The lowest BCUT2D eigenvalue weighted by molar-refractivity contribution is 0.110. The number of rotatable bonds is 5. The minimum absolute atomic E-state index is 0.0447. The minimum atomic E-state index is -0.324. The van der Waals surface area contributed by atoms with Crippen molar-refractivity contribution in [3.8, 4) is 11.1 Å². The van der Waals surface area contributed by atoms with E-state index in [4.69, 9.17) is 4.74 Å². The number of carbonyl (C=O) groups excluding carboxylic acids is 1. The van der Waals surface area contributed by atoms with Crippen molar-refractivity contribution in [2.24, 2.45) is 7.05 Å². The first-order valence-corrected chi connectivity index (χ1v) is 10.6. The van der Waals surface area contributed by atoms with E-state index in [1.165, 1.54) is 6.07 Å². The largest absolute Gasteiger partial charge is 0.396 e. The number of carbonyl (C=O) groups is 1. The van der Waals surface area contributed by atoms with Crippen LogP contribution in [0.15, 0.2) is 12.1 Å². The van der Waals surface area contributed by atoms with E-state index in [1.807, 2.05) is 18.5 Å². The normalized spacial score (nSPS) is 14.5. The molecule has 0 saturated heterocycles. The van der Waals surface area contributed by atoms with E-state index >= 15 is 4.39 Å². The molecule has 0 bridgehead atoms. The average molecular weight is 413 g/mol. The molecule has 0 saturated carbocycles. The molecule has 7 heteroatoms. The molecule has 4 rings (SSSR count). The number of ether oxygens (including phenoxy) is 1. The smallest absolute Gasteiger partial charge is 0.166 e. The van der Waals surface area contributed by atoms with E-state index in [2.05, 4.69) is 5.10 Å². The molecular weight excluding hydrogens is 385 g/mol. The lowest BCUT2D eigenvalue weighted by Crippen LogP contribution is -2.06. The molecule has 1 aliphatic rings. The second-order valence-corrected chi connectivity index (χ2v) is 7.78. The van der Waals surface area contributed by atoms with Gasteiger partial charge in [0.15, 0.2) is 6.29 Å². The minimum Gasteiger partial charge on any atom is -0.396 e. The van der Waals surface area contributed by atoms with Crippen molar-refractivity contribution < 1.29 is 19.0 Å². The number of benzene rings is 1. The number of halogens is 1. The van der Waals surface area contributed by atoms with Crippen LogP contribution in [0, 0.1) is 5.82 Å². The van der Waals surface area contributed by atoms with Crippen LogP contribution < -0.4 is 0 Å².